The lowest BCUT2D eigenvalue weighted by molar-refractivity contribution is -0.111. The minimum Gasteiger partial charge on any atom is -0.453 e. The van der Waals surface area contributed by atoms with E-state index in [1.807, 2.05) is 0 Å². The number of amides is 2. The van der Waals surface area contributed by atoms with Gasteiger partial charge in [0, 0.05) is 31.9 Å². The third kappa shape index (κ3) is 3.92. The first-order chi connectivity index (χ1) is 11.4. The summed E-state index contributed by atoms with van der Waals surface area (Å²) in [5, 5.41) is 2.55. The van der Waals surface area contributed by atoms with Gasteiger partial charge in [-0.2, -0.15) is 4.31 Å². The molecular formula is C15H19N3O5S. The van der Waals surface area contributed by atoms with E-state index < -0.39 is 16.1 Å². The fourth-order valence-electron chi connectivity index (χ4n) is 2.29. The molecule has 1 fully saturated rings. The van der Waals surface area contributed by atoms with Crippen molar-refractivity contribution < 1.29 is 22.7 Å². The number of ether oxygens (including phenoxy) is 1. The number of carbonyl (C=O) groups is 2. The molecule has 2 rings (SSSR count). The molecule has 1 aliphatic heterocycles. The van der Waals surface area contributed by atoms with Crippen LogP contribution in [-0.2, 0) is 19.6 Å². The molecule has 1 aromatic rings. The molecule has 0 radical (unpaired) electrons. The molecule has 1 aromatic carbocycles. The second-order valence-electron chi connectivity index (χ2n) is 5.08. The fourth-order valence-corrected chi connectivity index (χ4v) is 3.71. The summed E-state index contributed by atoms with van der Waals surface area (Å²) in [5.74, 6) is -0.371. The van der Waals surface area contributed by atoms with Crippen LogP contribution in [0, 0.1) is 0 Å². The summed E-state index contributed by atoms with van der Waals surface area (Å²) >= 11 is 0. The molecule has 0 bridgehead atoms. The van der Waals surface area contributed by atoms with Crippen LogP contribution >= 0.6 is 0 Å². The van der Waals surface area contributed by atoms with Gasteiger partial charge in [-0.15, -0.1) is 0 Å². The van der Waals surface area contributed by atoms with Crippen LogP contribution in [-0.4, -0.2) is 62.9 Å². The summed E-state index contributed by atoms with van der Waals surface area (Å²) < 4.78 is 31.2. The topological polar surface area (TPSA) is 96.0 Å². The van der Waals surface area contributed by atoms with Crippen LogP contribution in [0.2, 0.25) is 0 Å². The molecule has 0 aromatic heterocycles. The normalized spacial score (nSPS) is 15.6. The van der Waals surface area contributed by atoms with Crippen molar-refractivity contribution in [1.29, 1.82) is 0 Å². The van der Waals surface area contributed by atoms with Crippen molar-refractivity contribution in [2.45, 2.75) is 4.90 Å². The summed E-state index contributed by atoms with van der Waals surface area (Å²) in [5.41, 5.74) is 0.481. The monoisotopic (exact) mass is 353 g/mol. The average Bonchev–Trinajstić information content (AvgIpc) is 2.61. The van der Waals surface area contributed by atoms with Crippen LogP contribution in [0.5, 0.6) is 0 Å². The van der Waals surface area contributed by atoms with Crippen molar-refractivity contribution in [2.24, 2.45) is 0 Å². The highest BCUT2D eigenvalue weighted by Crippen LogP contribution is 2.20. The van der Waals surface area contributed by atoms with Crippen LogP contribution in [0.15, 0.2) is 41.8 Å². The SMILES string of the molecule is C=CC(=O)Nc1ccc(S(=O)(=O)N2CCN(C(=O)OC)CC2)cc1. The minimum atomic E-state index is -3.65. The minimum absolute atomic E-state index is 0.130. The Bertz CT molecular complexity index is 722. The molecule has 1 heterocycles. The van der Waals surface area contributed by atoms with Gasteiger partial charge in [-0.3, -0.25) is 4.79 Å². The summed E-state index contributed by atoms with van der Waals surface area (Å²) in [6.45, 7) is 4.30. The molecule has 1 N–H and O–H groups in total. The summed E-state index contributed by atoms with van der Waals surface area (Å²) in [6.07, 6.45) is 0.667. The van der Waals surface area contributed by atoms with E-state index in [0.717, 1.165) is 6.08 Å². The van der Waals surface area contributed by atoms with E-state index in [2.05, 4.69) is 16.6 Å². The van der Waals surface area contributed by atoms with Gasteiger partial charge in [0.15, 0.2) is 0 Å². The number of nitrogens with one attached hydrogen (secondary N) is 1. The van der Waals surface area contributed by atoms with Crippen LogP contribution in [0.25, 0.3) is 0 Å². The molecule has 1 aliphatic rings. The lowest BCUT2D eigenvalue weighted by Crippen LogP contribution is -2.50. The zero-order valence-electron chi connectivity index (χ0n) is 13.3. The number of carbonyl (C=O) groups excluding carboxylic acids is 2. The Labute approximate surface area is 140 Å². The number of piperazine rings is 1. The number of hydrogen-bond acceptors (Lipinski definition) is 5. The number of anilines is 1. The lowest BCUT2D eigenvalue weighted by atomic mass is 10.3. The van der Waals surface area contributed by atoms with Crippen LogP contribution in [0.1, 0.15) is 0 Å². The Morgan fingerprint density at radius 3 is 2.25 bits per heavy atom. The first kappa shape index (κ1) is 18.0. The Morgan fingerprint density at radius 1 is 1.17 bits per heavy atom. The largest absolute Gasteiger partial charge is 0.453 e. The summed E-state index contributed by atoms with van der Waals surface area (Å²) in [4.78, 5) is 24.2. The van der Waals surface area contributed by atoms with Gasteiger partial charge in [-0.05, 0) is 30.3 Å². The van der Waals surface area contributed by atoms with E-state index in [1.54, 1.807) is 0 Å². The maximum atomic E-state index is 12.6. The number of sulfonamides is 1. The number of benzene rings is 1. The van der Waals surface area contributed by atoms with E-state index >= 15 is 0 Å². The van der Waals surface area contributed by atoms with Gasteiger partial charge in [0.1, 0.15) is 0 Å². The standard InChI is InChI=1S/C15H19N3O5S/c1-3-14(19)16-12-4-6-13(7-5-12)24(21,22)18-10-8-17(9-11-18)15(20)23-2/h3-7H,1,8-11H2,2H3,(H,16,19). The maximum Gasteiger partial charge on any atom is 0.409 e. The molecule has 0 atom stereocenters. The third-order valence-corrected chi connectivity index (χ3v) is 5.53. The predicted octanol–water partition coefficient (Wildman–Crippen LogP) is 0.884. The molecule has 0 saturated carbocycles. The maximum absolute atomic E-state index is 12.6. The highest BCUT2D eigenvalue weighted by Gasteiger charge is 2.30. The van der Waals surface area contributed by atoms with Crippen molar-refractivity contribution in [3.8, 4) is 0 Å². The number of nitrogens with zero attached hydrogens (tertiary/aromatic N) is 2. The van der Waals surface area contributed by atoms with E-state index in [0.29, 0.717) is 5.69 Å². The quantitative estimate of drug-likeness (QED) is 0.811. The van der Waals surface area contributed by atoms with E-state index in [1.165, 1.54) is 40.6 Å². The Kier molecular flexibility index (Phi) is 5.58. The molecule has 0 unspecified atom stereocenters. The van der Waals surface area contributed by atoms with Crippen molar-refractivity contribution in [3.05, 3.63) is 36.9 Å². The van der Waals surface area contributed by atoms with Crippen molar-refractivity contribution in [3.63, 3.8) is 0 Å². The summed E-state index contributed by atoms with van der Waals surface area (Å²) in [6, 6.07) is 5.89. The Balaban J connectivity index is 2.07. The van der Waals surface area contributed by atoms with Gasteiger partial charge in [-0.1, -0.05) is 6.58 Å². The van der Waals surface area contributed by atoms with Crippen molar-refractivity contribution in [2.75, 3.05) is 38.6 Å². The third-order valence-electron chi connectivity index (χ3n) is 3.62. The average molecular weight is 353 g/mol. The van der Waals surface area contributed by atoms with Gasteiger partial charge in [0.2, 0.25) is 15.9 Å². The molecule has 1 saturated heterocycles. The first-order valence-corrected chi connectivity index (χ1v) is 8.69. The second-order valence-corrected chi connectivity index (χ2v) is 7.02. The highest BCUT2D eigenvalue weighted by molar-refractivity contribution is 7.89. The Hall–Kier alpha value is -2.39. The fraction of sp³-hybridized carbons (Fsp3) is 0.333. The van der Waals surface area contributed by atoms with Crippen LogP contribution in [0.3, 0.4) is 0 Å². The molecule has 9 heteroatoms. The molecule has 8 nitrogen and oxygen atoms in total. The predicted molar refractivity (Wildman–Crippen MR) is 88.0 cm³/mol. The second kappa shape index (κ2) is 7.45. The molecular weight excluding hydrogens is 334 g/mol. The number of hydrogen-bond donors (Lipinski definition) is 1. The van der Waals surface area contributed by atoms with Crippen molar-refractivity contribution >= 4 is 27.7 Å². The molecule has 0 aliphatic carbocycles. The van der Waals surface area contributed by atoms with Crippen molar-refractivity contribution in [1.82, 2.24) is 9.21 Å². The van der Waals surface area contributed by atoms with Gasteiger partial charge in [-0.25, -0.2) is 13.2 Å². The van der Waals surface area contributed by atoms with Gasteiger partial charge in [0.05, 0.1) is 12.0 Å². The van der Waals surface area contributed by atoms with E-state index in [9.17, 15) is 18.0 Å². The zero-order chi connectivity index (χ0) is 17.7. The molecule has 24 heavy (non-hydrogen) atoms. The zero-order valence-corrected chi connectivity index (χ0v) is 14.1. The Morgan fingerprint density at radius 2 is 1.75 bits per heavy atom. The molecule has 2 amide bonds. The summed E-state index contributed by atoms with van der Waals surface area (Å²) in [7, 11) is -2.36. The lowest BCUT2D eigenvalue weighted by Gasteiger charge is -2.33. The molecule has 0 spiro atoms. The smallest absolute Gasteiger partial charge is 0.409 e. The molecule has 130 valence electrons. The van der Waals surface area contributed by atoms with Crippen LogP contribution in [0.4, 0.5) is 10.5 Å². The van der Waals surface area contributed by atoms with Gasteiger partial charge >= 0.3 is 6.09 Å². The van der Waals surface area contributed by atoms with Gasteiger partial charge < -0.3 is 15.0 Å². The first-order valence-electron chi connectivity index (χ1n) is 7.25. The van der Waals surface area contributed by atoms with E-state index in [-0.39, 0.29) is 37.0 Å². The number of methoxy groups -OCH3 is 1. The van der Waals surface area contributed by atoms with E-state index in [4.69, 9.17) is 0 Å². The number of rotatable bonds is 4. The highest BCUT2D eigenvalue weighted by atomic mass is 32.2. The van der Waals surface area contributed by atoms with Gasteiger partial charge in [0.25, 0.3) is 0 Å². The van der Waals surface area contributed by atoms with Crippen LogP contribution < -0.4 is 5.32 Å².